The van der Waals surface area contributed by atoms with Crippen LogP contribution in [0.1, 0.15) is 32.6 Å². The van der Waals surface area contributed by atoms with E-state index in [0.717, 1.165) is 6.04 Å². The summed E-state index contributed by atoms with van der Waals surface area (Å²) < 4.78 is 0. The minimum Gasteiger partial charge on any atom is -0.300 e. The maximum Gasteiger partial charge on any atom is 0.0647 e. The molecule has 1 atom stereocenters. The van der Waals surface area contributed by atoms with Crippen LogP contribution >= 0.6 is 11.8 Å². The van der Waals surface area contributed by atoms with E-state index in [1.54, 1.807) is 0 Å². The van der Waals surface area contributed by atoms with E-state index in [0.29, 0.717) is 4.87 Å². The molecule has 2 aliphatic rings. The van der Waals surface area contributed by atoms with Gasteiger partial charge in [-0.15, -0.1) is 11.8 Å². The van der Waals surface area contributed by atoms with Gasteiger partial charge in [0.05, 0.1) is 4.87 Å². The third-order valence-electron chi connectivity index (χ3n) is 2.60. The second-order valence-corrected chi connectivity index (χ2v) is 5.01. The van der Waals surface area contributed by atoms with E-state index in [4.69, 9.17) is 0 Å². The molecule has 0 radical (unpaired) electrons. The standard InChI is InChI=1S/C8H15NS/c1-7-3-6-10-8(9-7)4-2-5-8/h7,9H,2-6H2,1H3. The predicted molar refractivity (Wildman–Crippen MR) is 46.3 cm³/mol. The van der Waals surface area contributed by atoms with Crippen molar-refractivity contribution in [2.75, 3.05) is 5.75 Å². The van der Waals surface area contributed by atoms with Crippen molar-refractivity contribution < 1.29 is 0 Å². The minimum atomic E-state index is 0.539. The van der Waals surface area contributed by atoms with Crippen molar-refractivity contribution >= 4 is 11.8 Å². The number of hydrogen-bond acceptors (Lipinski definition) is 2. The molecule has 1 aliphatic carbocycles. The van der Waals surface area contributed by atoms with Crippen LogP contribution in [0.15, 0.2) is 0 Å². The Balaban J connectivity index is 1.96. The Kier molecular flexibility index (Phi) is 1.69. The predicted octanol–water partition coefficient (Wildman–Crippen LogP) is 1.98. The highest BCUT2D eigenvalue weighted by molar-refractivity contribution is 8.00. The normalized spacial score (nSPS) is 37.5. The third-order valence-corrected chi connectivity index (χ3v) is 4.12. The molecular formula is C8H15NS. The Labute approximate surface area is 67.0 Å². The first-order valence-corrected chi connectivity index (χ1v) is 5.21. The number of rotatable bonds is 0. The van der Waals surface area contributed by atoms with Gasteiger partial charge >= 0.3 is 0 Å². The smallest absolute Gasteiger partial charge is 0.0647 e. The quantitative estimate of drug-likeness (QED) is 0.577. The number of nitrogens with one attached hydrogen (secondary N) is 1. The van der Waals surface area contributed by atoms with Gasteiger partial charge in [-0.05, 0) is 38.4 Å². The van der Waals surface area contributed by atoms with Crippen molar-refractivity contribution in [2.24, 2.45) is 0 Å². The molecule has 0 aromatic carbocycles. The molecule has 2 fully saturated rings. The van der Waals surface area contributed by atoms with E-state index >= 15 is 0 Å². The van der Waals surface area contributed by atoms with Gasteiger partial charge in [0.2, 0.25) is 0 Å². The largest absolute Gasteiger partial charge is 0.300 e. The lowest BCUT2D eigenvalue weighted by molar-refractivity contribution is 0.261. The van der Waals surface area contributed by atoms with E-state index < -0.39 is 0 Å². The summed E-state index contributed by atoms with van der Waals surface area (Å²) in [5, 5.41) is 3.69. The average Bonchev–Trinajstić information content (AvgIpc) is 1.85. The summed E-state index contributed by atoms with van der Waals surface area (Å²) >= 11 is 2.14. The Morgan fingerprint density at radius 3 is 2.70 bits per heavy atom. The molecule has 0 aromatic rings. The summed E-state index contributed by atoms with van der Waals surface area (Å²) in [5.41, 5.74) is 0. The van der Waals surface area contributed by atoms with Crippen LogP contribution in [0.25, 0.3) is 0 Å². The number of hydrogen-bond donors (Lipinski definition) is 1. The van der Waals surface area contributed by atoms with Crippen LogP contribution in [0.2, 0.25) is 0 Å². The Bertz CT molecular complexity index is 131. The van der Waals surface area contributed by atoms with E-state index in [9.17, 15) is 0 Å². The van der Waals surface area contributed by atoms with Crippen molar-refractivity contribution in [3.05, 3.63) is 0 Å². The average molecular weight is 157 g/mol. The molecule has 0 aromatic heterocycles. The van der Waals surface area contributed by atoms with E-state index in [1.165, 1.54) is 31.4 Å². The van der Waals surface area contributed by atoms with Crippen molar-refractivity contribution in [1.29, 1.82) is 0 Å². The summed E-state index contributed by atoms with van der Waals surface area (Å²) in [6.07, 6.45) is 5.60. The zero-order valence-corrected chi connectivity index (χ0v) is 7.34. The zero-order chi connectivity index (χ0) is 7.03. The second kappa shape index (κ2) is 2.42. The lowest BCUT2D eigenvalue weighted by atomic mass is 9.91. The molecule has 2 heteroatoms. The van der Waals surface area contributed by atoms with Gasteiger partial charge in [0, 0.05) is 6.04 Å². The van der Waals surface area contributed by atoms with Crippen LogP contribution in [0, 0.1) is 0 Å². The second-order valence-electron chi connectivity index (χ2n) is 3.53. The minimum absolute atomic E-state index is 0.539. The molecule has 1 aliphatic heterocycles. The van der Waals surface area contributed by atoms with Crippen LogP contribution in [-0.2, 0) is 0 Å². The molecule has 1 N–H and O–H groups in total. The summed E-state index contributed by atoms with van der Waals surface area (Å²) in [7, 11) is 0. The third kappa shape index (κ3) is 1.08. The first-order valence-electron chi connectivity index (χ1n) is 4.22. The van der Waals surface area contributed by atoms with Gasteiger partial charge < -0.3 is 5.32 Å². The molecule has 10 heavy (non-hydrogen) atoms. The molecule has 1 saturated heterocycles. The fourth-order valence-electron chi connectivity index (χ4n) is 1.78. The SMILES string of the molecule is CC1CCSC2(CCC2)N1. The van der Waals surface area contributed by atoms with Crippen LogP contribution in [0.4, 0.5) is 0 Å². The maximum absolute atomic E-state index is 3.69. The van der Waals surface area contributed by atoms with Crippen molar-refractivity contribution in [3.63, 3.8) is 0 Å². The summed E-state index contributed by atoms with van der Waals surface area (Å²) in [5.74, 6) is 1.37. The van der Waals surface area contributed by atoms with Gasteiger partial charge in [-0.25, -0.2) is 0 Å². The van der Waals surface area contributed by atoms with E-state index in [1.807, 2.05) is 0 Å². The van der Waals surface area contributed by atoms with Crippen molar-refractivity contribution in [1.82, 2.24) is 5.32 Å². The van der Waals surface area contributed by atoms with Gasteiger partial charge in [0.15, 0.2) is 0 Å². The molecule has 1 saturated carbocycles. The highest BCUT2D eigenvalue weighted by Crippen LogP contribution is 2.44. The Morgan fingerprint density at radius 2 is 2.30 bits per heavy atom. The molecule has 0 bridgehead atoms. The topological polar surface area (TPSA) is 12.0 Å². The summed E-state index contributed by atoms with van der Waals surface area (Å²) in [6, 6.07) is 0.765. The molecular weight excluding hydrogens is 142 g/mol. The van der Waals surface area contributed by atoms with Gasteiger partial charge in [-0.3, -0.25) is 0 Å². The Morgan fingerprint density at radius 1 is 1.50 bits per heavy atom. The summed E-state index contributed by atoms with van der Waals surface area (Å²) in [6.45, 7) is 2.31. The molecule has 0 amide bonds. The van der Waals surface area contributed by atoms with E-state index in [-0.39, 0.29) is 0 Å². The van der Waals surface area contributed by atoms with Crippen LogP contribution in [0.5, 0.6) is 0 Å². The maximum atomic E-state index is 3.69. The zero-order valence-electron chi connectivity index (χ0n) is 6.52. The van der Waals surface area contributed by atoms with Gasteiger partial charge in [0.25, 0.3) is 0 Å². The fraction of sp³-hybridized carbons (Fsp3) is 1.00. The molecule has 1 nitrogen and oxygen atoms in total. The molecule has 2 rings (SSSR count). The fourth-order valence-corrected chi connectivity index (χ4v) is 3.50. The van der Waals surface area contributed by atoms with E-state index in [2.05, 4.69) is 24.0 Å². The molecule has 58 valence electrons. The van der Waals surface area contributed by atoms with Crippen LogP contribution in [0.3, 0.4) is 0 Å². The van der Waals surface area contributed by atoms with Gasteiger partial charge in [-0.1, -0.05) is 0 Å². The highest BCUT2D eigenvalue weighted by atomic mass is 32.2. The monoisotopic (exact) mass is 157 g/mol. The van der Waals surface area contributed by atoms with Gasteiger partial charge in [-0.2, -0.15) is 0 Å². The highest BCUT2D eigenvalue weighted by Gasteiger charge is 2.40. The van der Waals surface area contributed by atoms with Crippen molar-refractivity contribution in [2.45, 2.75) is 43.5 Å². The van der Waals surface area contributed by atoms with Crippen LogP contribution in [-0.4, -0.2) is 16.7 Å². The Hall–Kier alpha value is 0.310. The first-order chi connectivity index (χ1) is 4.81. The van der Waals surface area contributed by atoms with Gasteiger partial charge in [0.1, 0.15) is 0 Å². The lowest BCUT2D eigenvalue weighted by Gasteiger charge is -2.47. The summed E-state index contributed by atoms with van der Waals surface area (Å²) in [4.78, 5) is 0.539. The molecule has 1 heterocycles. The number of thioether (sulfide) groups is 1. The first kappa shape index (κ1) is 6.99. The molecule has 1 unspecified atom stereocenters. The lowest BCUT2D eigenvalue weighted by Crippen LogP contribution is -2.54. The van der Waals surface area contributed by atoms with Crippen LogP contribution < -0.4 is 5.32 Å². The van der Waals surface area contributed by atoms with Crippen molar-refractivity contribution in [3.8, 4) is 0 Å². The molecule has 1 spiro atoms.